The molecule has 1 aliphatic carbocycles. The number of anilines is 1. The van der Waals surface area contributed by atoms with Gasteiger partial charge in [-0.2, -0.15) is 8.78 Å². The van der Waals surface area contributed by atoms with Crippen molar-refractivity contribution in [1.29, 1.82) is 0 Å². The largest absolute Gasteiger partial charge is 0.443 e. The first-order valence-electron chi connectivity index (χ1n) is 14.5. The lowest BCUT2D eigenvalue weighted by Crippen LogP contribution is -2.51. The van der Waals surface area contributed by atoms with Gasteiger partial charge in [0.05, 0.1) is 5.75 Å². The van der Waals surface area contributed by atoms with Gasteiger partial charge in [0.25, 0.3) is 12.0 Å². The highest BCUT2D eigenvalue weighted by molar-refractivity contribution is 7.89. The number of carbonyl (C=O) groups is 2. The summed E-state index contributed by atoms with van der Waals surface area (Å²) in [4.78, 5) is 31.6. The quantitative estimate of drug-likeness (QED) is 0.475. The molecule has 0 bridgehead atoms. The number of ether oxygens (including phenoxy) is 1. The third-order valence-electron chi connectivity index (χ3n) is 8.53. The summed E-state index contributed by atoms with van der Waals surface area (Å²) in [6.45, 7) is 9.59. The Bertz CT molecular complexity index is 1370. The Labute approximate surface area is 247 Å². The molecular weight excluding hydrogens is 566 g/mol. The molecule has 42 heavy (non-hydrogen) atoms. The highest BCUT2D eigenvalue weighted by Crippen LogP contribution is 2.37. The van der Waals surface area contributed by atoms with E-state index in [9.17, 15) is 26.8 Å². The van der Waals surface area contributed by atoms with Gasteiger partial charge in [-0.1, -0.05) is 0 Å². The number of nitrogens with one attached hydrogen (secondary N) is 1. The summed E-state index contributed by atoms with van der Waals surface area (Å²) in [6.07, 6.45) is 0.418. The number of aryl methyl sites for hydroxylation is 2. The summed E-state index contributed by atoms with van der Waals surface area (Å²) in [7, 11) is -1.95. The van der Waals surface area contributed by atoms with E-state index >= 15 is 0 Å². The standard InChI is InChI=1S/C30H42F2N4O5S/c1-19-17-23(35(6)28(38)41-29(3,4)5)18-20(2)24(19)11-16-42(39,40)36-14-12-30(13-15-36)27(37)33-26(34-30)22-9-7-21(8-10-22)25(31)32/h17-18,22H,7-16H2,1-6H3,(H,33,34,37). The maximum atomic E-state index is 13.3. The van der Waals surface area contributed by atoms with Crippen LogP contribution in [0.4, 0.5) is 19.3 Å². The molecule has 2 heterocycles. The smallest absolute Gasteiger partial charge is 0.414 e. The van der Waals surface area contributed by atoms with Crippen LogP contribution in [0.5, 0.6) is 0 Å². The minimum atomic E-state index is -3.59. The first-order chi connectivity index (χ1) is 19.5. The van der Waals surface area contributed by atoms with E-state index in [0.29, 0.717) is 43.6 Å². The molecular formula is C30H42F2N4O5S. The third-order valence-corrected chi connectivity index (χ3v) is 10.4. The molecule has 4 rings (SSSR count). The topological polar surface area (TPSA) is 108 Å². The molecule has 2 fully saturated rings. The van der Waals surface area contributed by atoms with Crippen LogP contribution < -0.4 is 10.2 Å². The second-order valence-corrected chi connectivity index (χ2v) is 14.8. The lowest BCUT2D eigenvalue weighted by atomic mass is 9.85. The average molecular weight is 609 g/mol. The fourth-order valence-corrected chi connectivity index (χ4v) is 7.45. The van der Waals surface area contributed by atoms with E-state index in [1.165, 1.54) is 9.21 Å². The van der Waals surface area contributed by atoms with Crippen molar-refractivity contribution in [2.24, 2.45) is 10.9 Å². The lowest BCUT2D eigenvalue weighted by Gasteiger charge is -2.34. The number of carbonyl (C=O) groups excluding carboxylic acids is 2. The number of halogens is 2. The van der Waals surface area contributed by atoms with E-state index in [1.54, 1.807) is 27.8 Å². The number of rotatable bonds is 6. The van der Waals surface area contributed by atoms with Gasteiger partial charge in [0, 0.05) is 31.7 Å². The van der Waals surface area contributed by atoms with E-state index in [2.05, 4.69) is 5.32 Å². The Morgan fingerprint density at radius 1 is 1.14 bits per heavy atom. The van der Waals surface area contributed by atoms with Gasteiger partial charge in [-0.25, -0.2) is 17.5 Å². The molecule has 0 aromatic heterocycles. The molecule has 1 aromatic rings. The van der Waals surface area contributed by atoms with Crippen molar-refractivity contribution < 1.29 is 31.5 Å². The number of aliphatic imine (C=N–C) groups is 1. The first kappa shape index (κ1) is 32.1. The van der Waals surface area contributed by atoms with Crippen molar-refractivity contribution in [2.75, 3.05) is 30.8 Å². The number of hydrogen-bond donors (Lipinski definition) is 1. The van der Waals surface area contributed by atoms with Gasteiger partial charge in [-0.3, -0.25) is 14.7 Å². The van der Waals surface area contributed by atoms with E-state index in [-0.39, 0.29) is 49.1 Å². The van der Waals surface area contributed by atoms with Crippen LogP contribution in [0.1, 0.15) is 76.0 Å². The van der Waals surface area contributed by atoms with Crippen molar-refractivity contribution in [3.05, 3.63) is 40.5 Å². The van der Waals surface area contributed by atoms with Gasteiger partial charge in [0.2, 0.25) is 10.0 Å². The fourth-order valence-electron chi connectivity index (χ4n) is 5.99. The Balaban J connectivity index is 1.37. The monoisotopic (exact) mass is 608 g/mol. The molecule has 12 heteroatoms. The van der Waals surface area contributed by atoms with Gasteiger partial charge in [0.1, 0.15) is 17.0 Å². The van der Waals surface area contributed by atoms with Gasteiger partial charge in [-0.15, -0.1) is 0 Å². The SMILES string of the molecule is Cc1cc(N(C)C(=O)OC(C)(C)C)cc(C)c1CCS(=O)(=O)N1CCC2(CC1)N=C(C1CCC(=C(F)F)CC1)NC2=O. The average Bonchev–Trinajstić information content (AvgIpc) is 3.22. The predicted octanol–water partition coefficient (Wildman–Crippen LogP) is 5.25. The highest BCUT2D eigenvalue weighted by Gasteiger charge is 2.48. The Morgan fingerprint density at radius 3 is 2.24 bits per heavy atom. The van der Waals surface area contributed by atoms with Crippen LogP contribution in [0, 0.1) is 19.8 Å². The molecule has 1 N–H and O–H groups in total. The van der Waals surface area contributed by atoms with Crippen molar-refractivity contribution in [2.45, 2.75) is 90.7 Å². The Morgan fingerprint density at radius 2 is 1.71 bits per heavy atom. The summed E-state index contributed by atoms with van der Waals surface area (Å²) >= 11 is 0. The van der Waals surface area contributed by atoms with E-state index < -0.39 is 33.3 Å². The number of amidine groups is 1. The number of allylic oxidation sites excluding steroid dienone is 1. The predicted molar refractivity (Wildman–Crippen MR) is 158 cm³/mol. The van der Waals surface area contributed by atoms with Crippen LogP contribution in [-0.2, 0) is 26.0 Å². The molecule has 0 atom stereocenters. The zero-order valence-corrected chi connectivity index (χ0v) is 26.2. The van der Waals surface area contributed by atoms with E-state index in [1.807, 2.05) is 26.0 Å². The number of piperidine rings is 1. The molecule has 3 aliphatic rings. The molecule has 2 aliphatic heterocycles. The molecule has 0 radical (unpaired) electrons. The number of hydrogen-bond acceptors (Lipinski definition) is 6. The third kappa shape index (κ3) is 7.02. The van der Waals surface area contributed by atoms with Crippen molar-refractivity contribution >= 4 is 33.5 Å². The molecule has 232 valence electrons. The fraction of sp³-hybridized carbons (Fsp3) is 0.633. The second-order valence-electron chi connectivity index (χ2n) is 12.7. The molecule has 1 saturated heterocycles. The van der Waals surface area contributed by atoms with Crippen molar-refractivity contribution in [1.82, 2.24) is 9.62 Å². The number of nitrogens with zero attached hydrogens (tertiary/aromatic N) is 3. The van der Waals surface area contributed by atoms with E-state index in [0.717, 1.165) is 16.7 Å². The Hall–Kier alpha value is -2.86. The van der Waals surface area contributed by atoms with Crippen LogP contribution in [0.15, 0.2) is 28.8 Å². The maximum Gasteiger partial charge on any atom is 0.414 e. The van der Waals surface area contributed by atoms with Crippen molar-refractivity contribution in [3.8, 4) is 0 Å². The molecule has 1 spiro atoms. The summed E-state index contributed by atoms with van der Waals surface area (Å²) in [5.74, 6) is 0.184. The van der Waals surface area contributed by atoms with Gasteiger partial charge in [0.15, 0.2) is 0 Å². The maximum absolute atomic E-state index is 13.3. The number of amides is 2. The molecule has 9 nitrogen and oxygen atoms in total. The lowest BCUT2D eigenvalue weighted by molar-refractivity contribution is -0.125. The van der Waals surface area contributed by atoms with Crippen LogP contribution in [0.2, 0.25) is 0 Å². The van der Waals surface area contributed by atoms with Crippen LogP contribution >= 0.6 is 0 Å². The molecule has 1 aromatic carbocycles. The summed E-state index contributed by atoms with van der Waals surface area (Å²) in [5, 5.41) is 2.88. The molecule has 0 unspecified atom stereocenters. The van der Waals surface area contributed by atoms with Crippen LogP contribution in [0.25, 0.3) is 0 Å². The summed E-state index contributed by atoms with van der Waals surface area (Å²) in [6, 6.07) is 3.71. The summed E-state index contributed by atoms with van der Waals surface area (Å²) < 4.78 is 59.4. The van der Waals surface area contributed by atoms with Gasteiger partial charge in [-0.05, 0) is 114 Å². The van der Waals surface area contributed by atoms with Crippen LogP contribution in [0.3, 0.4) is 0 Å². The number of sulfonamides is 1. The molecule has 2 amide bonds. The van der Waals surface area contributed by atoms with Gasteiger partial charge < -0.3 is 10.1 Å². The summed E-state index contributed by atoms with van der Waals surface area (Å²) in [5.41, 5.74) is 1.92. The number of benzene rings is 1. The van der Waals surface area contributed by atoms with Gasteiger partial charge >= 0.3 is 6.09 Å². The minimum absolute atomic E-state index is 0.0695. The van der Waals surface area contributed by atoms with Crippen molar-refractivity contribution in [3.63, 3.8) is 0 Å². The second kappa shape index (κ2) is 12.0. The van der Waals surface area contributed by atoms with Crippen LogP contribution in [-0.4, -0.2) is 67.6 Å². The normalized spacial score (nSPS) is 21.2. The molecule has 1 saturated carbocycles. The Kier molecular flexibility index (Phi) is 9.18. The zero-order valence-electron chi connectivity index (χ0n) is 25.4. The van der Waals surface area contributed by atoms with E-state index in [4.69, 9.17) is 9.73 Å². The first-order valence-corrected chi connectivity index (χ1v) is 16.1. The highest BCUT2D eigenvalue weighted by atomic mass is 32.2. The minimum Gasteiger partial charge on any atom is -0.443 e. The zero-order chi connectivity index (χ0) is 31.0.